The molecule has 1 aliphatic carbocycles. The molecular formula is C14H17F2NO3. The van der Waals surface area contributed by atoms with Crippen LogP contribution in [0.15, 0.2) is 30.3 Å². The Morgan fingerprint density at radius 2 is 2.10 bits per heavy atom. The van der Waals surface area contributed by atoms with Crippen LogP contribution in [0.1, 0.15) is 24.8 Å². The van der Waals surface area contributed by atoms with E-state index in [1.807, 2.05) is 18.2 Å². The molecule has 1 aromatic rings. The Labute approximate surface area is 115 Å². The van der Waals surface area contributed by atoms with E-state index < -0.39 is 30.6 Å². The summed E-state index contributed by atoms with van der Waals surface area (Å²) in [5, 5.41) is 11.9. The molecule has 110 valence electrons. The van der Waals surface area contributed by atoms with Crippen LogP contribution in [0.4, 0.5) is 13.6 Å². The third-order valence-corrected chi connectivity index (χ3v) is 3.30. The Morgan fingerprint density at radius 1 is 1.40 bits per heavy atom. The highest BCUT2D eigenvalue weighted by Gasteiger charge is 2.41. The van der Waals surface area contributed by atoms with Gasteiger partial charge >= 0.3 is 6.09 Å². The van der Waals surface area contributed by atoms with Gasteiger partial charge in [0, 0.05) is 12.8 Å². The number of hydrogen-bond acceptors (Lipinski definition) is 3. The van der Waals surface area contributed by atoms with Gasteiger partial charge < -0.3 is 15.2 Å². The van der Waals surface area contributed by atoms with Gasteiger partial charge in [-0.3, -0.25) is 0 Å². The second-order valence-corrected chi connectivity index (χ2v) is 4.98. The molecule has 0 radical (unpaired) electrons. The molecule has 1 aromatic carbocycles. The summed E-state index contributed by atoms with van der Waals surface area (Å²) >= 11 is 0. The van der Waals surface area contributed by atoms with E-state index in [2.05, 4.69) is 5.32 Å². The highest BCUT2D eigenvalue weighted by atomic mass is 19.3. The fourth-order valence-electron chi connectivity index (χ4n) is 2.18. The van der Waals surface area contributed by atoms with Gasteiger partial charge in [-0.2, -0.15) is 0 Å². The maximum absolute atomic E-state index is 13.2. The molecule has 1 fully saturated rings. The maximum atomic E-state index is 13.2. The summed E-state index contributed by atoms with van der Waals surface area (Å²) in [6.07, 6.45) is -2.70. The molecule has 1 saturated carbocycles. The predicted molar refractivity (Wildman–Crippen MR) is 68.4 cm³/mol. The first kappa shape index (κ1) is 14.7. The second-order valence-electron chi connectivity index (χ2n) is 4.98. The summed E-state index contributed by atoms with van der Waals surface area (Å²) < 4.78 is 31.4. The quantitative estimate of drug-likeness (QED) is 0.897. The van der Waals surface area contributed by atoms with Crippen LogP contribution in [0.5, 0.6) is 0 Å². The zero-order valence-electron chi connectivity index (χ0n) is 10.9. The highest BCUT2D eigenvalue weighted by molar-refractivity contribution is 5.67. The third-order valence-electron chi connectivity index (χ3n) is 3.30. The number of carbonyl (C=O) groups is 1. The molecule has 1 amide bonds. The molecule has 0 unspecified atom stereocenters. The lowest BCUT2D eigenvalue weighted by atomic mass is 9.89. The van der Waals surface area contributed by atoms with Gasteiger partial charge in [-0.05, 0) is 12.0 Å². The second kappa shape index (κ2) is 6.17. The van der Waals surface area contributed by atoms with Crippen LogP contribution in [0.25, 0.3) is 0 Å². The van der Waals surface area contributed by atoms with Crippen LogP contribution < -0.4 is 5.32 Å². The van der Waals surface area contributed by atoms with Gasteiger partial charge in [-0.1, -0.05) is 30.3 Å². The molecule has 2 N–H and O–H groups in total. The lowest BCUT2D eigenvalue weighted by Crippen LogP contribution is -2.50. The van der Waals surface area contributed by atoms with Crippen molar-refractivity contribution < 1.29 is 23.4 Å². The number of alkyl halides is 2. The van der Waals surface area contributed by atoms with Crippen LogP contribution in [0, 0.1) is 0 Å². The average molecular weight is 285 g/mol. The molecule has 0 spiro atoms. The largest absolute Gasteiger partial charge is 0.445 e. The summed E-state index contributed by atoms with van der Waals surface area (Å²) in [6.45, 7) is 0.0614. The number of amides is 1. The molecule has 0 aliphatic heterocycles. The molecule has 0 bridgehead atoms. The van der Waals surface area contributed by atoms with E-state index in [1.165, 1.54) is 0 Å². The monoisotopic (exact) mass is 285 g/mol. The maximum Gasteiger partial charge on any atom is 0.407 e. The van der Waals surface area contributed by atoms with Gasteiger partial charge in [-0.25, -0.2) is 13.6 Å². The number of halogens is 2. The highest BCUT2D eigenvalue weighted by Crippen LogP contribution is 2.33. The minimum Gasteiger partial charge on any atom is -0.445 e. The van der Waals surface area contributed by atoms with Gasteiger partial charge in [0.05, 0.1) is 12.1 Å². The molecule has 4 nitrogen and oxygen atoms in total. The number of nitrogens with one attached hydrogen (secondary N) is 1. The zero-order chi connectivity index (χ0) is 14.6. The van der Waals surface area contributed by atoms with Crippen molar-refractivity contribution in [3.8, 4) is 0 Å². The number of carbonyl (C=O) groups excluding carboxylic acids is 1. The Bertz CT molecular complexity index is 453. The molecule has 0 aromatic heterocycles. The predicted octanol–water partition coefficient (Wildman–Crippen LogP) is 2.46. The van der Waals surface area contributed by atoms with Gasteiger partial charge in [0.25, 0.3) is 0 Å². The van der Waals surface area contributed by atoms with Crippen molar-refractivity contribution in [2.45, 2.75) is 43.9 Å². The summed E-state index contributed by atoms with van der Waals surface area (Å²) in [7, 11) is 0. The topological polar surface area (TPSA) is 58.6 Å². The lowest BCUT2D eigenvalue weighted by molar-refractivity contribution is -0.0777. The van der Waals surface area contributed by atoms with Crippen LogP contribution in [0.3, 0.4) is 0 Å². The van der Waals surface area contributed by atoms with E-state index in [1.54, 1.807) is 12.1 Å². The summed E-state index contributed by atoms with van der Waals surface area (Å²) in [5.74, 6) is -2.85. The summed E-state index contributed by atoms with van der Waals surface area (Å²) in [6, 6.07) is 8.06. The van der Waals surface area contributed by atoms with Gasteiger partial charge in [-0.15, -0.1) is 0 Å². The van der Waals surface area contributed by atoms with E-state index in [9.17, 15) is 18.7 Å². The molecular weight excluding hydrogens is 268 g/mol. The summed E-state index contributed by atoms with van der Waals surface area (Å²) in [4.78, 5) is 11.6. The number of hydrogen-bond donors (Lipinski definition) is 2. The SMILES string of the molecule is O=C(N[C@H]1CC(F)(F)CC[C@H]1O)OCc1ccccc1. The fraction of sp³-hybridized carbons (Fsp3) is 0.500. The van der Waals surface area contributed by atoms with E-state index in [-0.39, 0.29) is 19.4 Å². The normalized spacial score (nSPS) is 24.9. The minimum absolute atomic E-state index is 0.0311. The van der Waals surface area contributed by atoms with E-state index in [0.29, 0.717) is 0 Å². The van der Waals surface area contributed by atoms with E-state index in [0.717, 1.165) is 5.56 Å². The molecule has 20 heavy (non-hydrogen) atoms. The number of alkyl carbamates (subject to hydrolysis) is 1. The lowest BCUT2D eigenvalue weighted by Gasteiger charge is -2.33. The number of rotatable bonds is 3. The molecule has 0 saturated heterocycles. The van der Waals surface area contributed by atoms with Crippen LogP contribution in [-0.4, -0.2) is 29.3 Å². The van der Waals surface area contributed by atoms with Crippen molar-refractivity contribution in [2.75, 3.05) is 0 Å². The van der Waals surface area contributed by atoms with Crippen molar-refractivity contribution >= 4 is 6.09 Å². The molecule has 1 aliphatic rings. The summed E-state index contributed by atoms with van der Waals surface area (Å²) in [5.41, 5.74) is 0.803. The smallest absolute Gasteiger partial charge is 0.407 e. The first-order chi connectivity index (χ1) is 9.46. The number of ether oxygens (including phenoxy) is 1. The van der Waals surface area contributed by atoms with Crippen molar-refractivity contribution in [2.24, 2.45) is 0 Å². The number of benzene rings is 1. The molecule has 0 heterocycles. The van der Waals surface area contributed by atoms with Crippen molar-refractivity contribution in [1.29, 1.82) is 0 Å². The van der Waals surface area contributed by atoms with Crippen LogP contribution >= 0.6 is 0 Å². The van der Waals surface area contributed by atoms with Crippen LogP contribution in [-0.2, 0) is 11.3 Å². The molecule has 2 rings (SSSR count). The zero-order valence-corrected chi connectivity index (χ0v) is 10.9. The van der Waals surface area contributed by atoms with Gasteiger partial charge in [0.2, 0.25) is 5.92 Å². The van der Waals surface area contributed by atoms with E-state index >= 15 is 0 Å². The average Bonchev–Trinajstić information content (AvgIpc) is 2.42. The van der Waals surface area contributed by atoms with Crippen molar-refractivity contribution in [3.05, 3.63) is 35.9 Å². The fourth-order valence-corrected chi connectivity index (χ4v) is 2.18. The Kier molecular flexibility index (Phi) is 4.54. The minimum atomic E-state index is -2.85. The van der Waals surface area contributed by atoms with Gasteiger partial charge in [0.15, 0.2) is 0 Å². The molecule has 6 heteroatoms. The number of aliphatic hydroxyl groups excluding tert-OH is 1. The standard InChI is InChI=1S/C14H17F2NO3/c15-14(16)7-6-12(18)11(8-14)17-13(19)20-9-10-4-2-1-3-5-10/h1-5,11-12,18H,6-9H2,(H,17,19)/t11-,12+/m0/s1. The third kappa shape index (κ3) is 4.16. The van der Waals surface area contributed by atoms with Gasteiger partial charge in [0.1, 0.15) is 6.61 Å². The molecule has 2 atom stereocenters. The van der Waals surface area contributed by atoms with E-state index in [4.69, 9.17) is 4.74 Å². The van der Waals surface area contributed by atoms with Crippen LogP contribution in [0.2, 0.25) is 0 Å². The Hall–Kier alpha value is -1.69. The Morgan fingerprint density at radius 3 is 2.80 bits per heavy atom. The number of aliphatic hydroxyl groups is 1. The first-order valence-corrected chi connectivity index (χ1v) is 6.49. The Balaban J connectivity index is 1.81. The van der Waals surface area contributed by atoms with Crippen molar-refractivity contribution in [1.82, 2.24) is 5.32 Å². The van der Waals surface area contributed by atoms with Crippen molar-refractivity contribution in [3.63, 3.8) is 0 Å². The first-order valence-electron chi connectivity index (χ1n) is 6.49.